The highest BCUT2D eigenvalue weighted by atomic mass is 32.2. The largest absolute Gasteiger partial charge is 0.489 e. The van der Waals surface area contributed by atoms with E-state index in [1.807, 2.05) is 53.9 Å². The molecule has 0 radical (unpaired) electrons. The third-order valence-corrected chi connectivity index (χ3v) is 7.69. The van der Waals surface area contributed by atoms with Crippen molar-refractivity contribution < 1.29 is 17.5 Å². The number of aromatic nitrogens is 3. The lowest BCUT2D eigenvalue weighted by Crippen LogP contribution is -2.22. The van der Waals surface area contributed by atoms with Crippen LogP contribution in [0.1, 0.15) is 11.3 Å². The molecule has 0 bridgehead atoms. The molecule has 5 aromatic rings. The Labute approximate surface area is 229 Å². The van der Waals surface area contributed by atoms with Gasteiger partial charge in [-0.3, -0.25) is 0 Å². The molecule has 0 amide bonds. The number of hydrogen-bond acceptors (Lipinski definition) is 9. The van der Waals surface area contributed by atoms with Gasteiger partial charge in [0.2, 0.25) is 0 Å². The van der Waals surface area contributed by atoms with Gasteiger partial charge in [-0.05, 0) is 60.2 Å². The van der Waals surface area contributed by atoms with Crippen molar-refractivity contribution in [3.8, 4) is 16.3 Å². The second-order valence-corrected chi connectivity index (χ2v) is 12.1. The normalized spacial score (nSPS) is 11.5. The number of ether oxygens (including phenoxy) is 1. The van der Waals surface area contributed by atoms with E-state index in [0.717, 1.165) is 38.4 Å². The Morgan fingerprint density at radius 3 is 2.67 bits per heavy atom. The number of rotatable bonds is 11. The van der Waals surface area contributed by atoms with Crippen molar-refractivity contribution >= 4 is 43.6 Å². The van der Waals surface area contributed by atoms with Crippen molar-refractivity contribution in [3.63, 3.8) is 0 Å². The van der Waals surface area contributed by atoms with Crippen LogP contribution in [0.15, 0.2) is 78.4 Å². The Morgan fingerprint density at radius 1 is 1.03 bits per heavy atom. The van der Waals surface area contributed by atoms with E-state index in [4.69, 9.17) is 9.72 Å². The molecule has 200 valence electrons. The Kier molecular flexibility index (Phi) is 8.10. The minimum atomic E-state index is -3.00. The summed E-state index contributed by atoms with van der Waals surface area (Å²) in [7, 11) is -3.00. The van der Waals surface area contributed by atoms with Crippen molar-refractivity contribution in [1.29, 1.82) is 0 Å². The molecular weight excluding hydrogens is 537 g/mol. The summed E-state index contributed by atoms with van der Waals surface area (Å²) in [4.78, 5) is 13.5. The van der Waals surface area contributed by atoms with Crippen LogP contribution < -0.4 is 15.4 Å². The van der Waals surface area contributed by atoms with E-state index in [-0.39, 0.29) is 18.2 Å². The molecule has 11 heteroatoms. The van der Waals surface area contributed by atoms with Crippen molar-refractivity contribution in [3.05, 3.63) is 95.5 Å². The first-order valence-electron chi connectivity index (χ1n) is 12.1. The van der Waals surface area contributed by atoms with Crippen LogP contribution in [-0.4, -0.2) is 41.9 Å². The van der Waals surface area contributed by atoms with E-state index in [0.29, 0.717) is 24.7 Å². The zero-order valence-electron chi connectivity index (χ0n) is 21.1. The molecule has 2 aromatic heterocycles. The number of nitrogens with one attached hydrogen (secondary N) is 2. The average molecular weight is 564 g/mol. The monoisotopic (exact) mass is 563 g/mol. The number of fused-ring (bicyclic) bond motifs is 1. The van der Waals surface area contributed by atoms with E-state index >= 15 is 0 Å². The van der Waals surface area contributed by atoms with Crippen LogP contribution in [0.5, 0.6) is 5.75 Å². The molecule has 39 heavy (non-hydrogen) atoms. The number of halogens is 1. The first-order valence-corrected chi connectivity index (χ1v) is 15.1. The lowest BCUT2D eigenvalue weighted by Gasteiger charge is -2.11. The van der Waals surface area contributed by atoms with E-state index in [9.17, 15) is 12.8 Å². The Hall–Kier alpha value is -3.93. The SMILES string of the molecule is CS(=O)(=O)CCNCc1csc(-c2ccc3ncnc(Nc4ccc(OCc5cccc(F)c5)cc4)c3c2)n1. The van der Waals surface area contributed by atoms with Crippen LogP contribution in [0.3, 0.4) is 0 Å². The first-order chi connectivity index (χ1) is 18.8. The van der Waals surface area contributed by atoms with Gasteiger partial charge in [-0.2, -0.15) is 0 Å². The Balaban J connectivity index is 1.26. The summed E-state index contributed by atoms with van der Waals surface area (Å²) in [6.07, 6.45) is 2.74. The van der Waals surface area contributed by atoms with Crippen LogP contribution in [0.4, 0.5) is 15.9 Å². The van der Waals surface area contributed by atoms with Crippen molar-refractivity contribution in [2.75, 3.05) is 23.9 Å². The van der Waals surface area contributed by atoms with Gasteiger partial charge in [-0.25, -0.2) is 27.8 Å². The number of benzene rings is 3. The van der Waals surface area contributed by atoms with Gasteiger partial charge in [0, 0.05) is 41.4 Å². The summed E-state index contributed by atoms with van der Waals surface area (Å²) in [6, 6.07) is 19.7. The van der Waals surface area contributed by atoms with E-state index in [1.165, 1.54) is 36.1 Å². The predicted octanol–water partition coefficient (Wildman–Crippen LogP) is 5.35. The Bertz CT molecular complexity index is 1690. The van der Waals surface area contributed by atoms with Crippen LogP contribution in [-0.2, 0) is 23.0 Å². The third kappa shape index (κ3) is 7.34. The molecule has 0 aliphatic rings. The minimum Gasteiger partial charge on any atom is -0.489 e. The van der Waals surface area contributed by atoms with E-state index in [2.05, 4.69) is 20.6 Å². The lowest BCUT2D eigenvalue weighted by atomic mass is 10.1. The molecule has 0 saturated heterocycles. The average Bonchev–Trinajstić information content (AvgIpc) is 3.39. The quantitative estimate of drug-likeness (QED) is 0.207. The number of hydrogen-bond donors (Lipinski definition) is 2. The minimum absolute atomic E-state index is 0.0924. The standard InChI is InChI=1S/C28H26FN5O3S2/c1-39(35,36)12-11-30-15-23-17-38-28(34-23)20-5-10-26-25(14-20)27(32-18-31-26)33-22-6-8-24(9-7-22)37-16-19-3-2-4-21(29)13-19/h2-10,13-14,17-18,30H,11-12,15-16H2,1H3,(H,31,32,33). The van der Waals surface area contributed by atoms with Crippen molar-refractivity contribution in [2.45, 2.75) is 13.2 Å². The fourth-order valence-electron chi connectivity index (χ4n) is 3.85. The maximum Gasteiger partial charge on any atom is 0.148 e. The molecule has 0 fully saturated rings. The van der Waals surface area contributed by atoms with Gasteiger partial charge in [0.05, 0.1) is 17.0 Å². The first kappa shape index (κ1) is 26.7. The zero-order chi connectivity index (χ0) is 27.2. The van der Waals surface area contributed by atoms with Gasteiger partial charge in [-0.15, -0.1) is 11.3 Å². The van der Waals surface area contributed by atoms with Crippen LogP contribution in [0.2, 0.25) is 0 Å². The molecule has 8 nitrogen and oxygen atoms in total. The summed E-state index contributed by atoms with van der Waals surface area (Å²) in [6.45, 7) is 1.16. The highest BCUT2D eigenvalue weighted by Gasteiger charge is 2.10. The number of nitrogens with zero attached hydrogens (tertiary/aromatic N) is 3. The molecule has 0 atom stereocenters. The van der Waals surface area contributed by atoms with E-state index < -0.39 is 9.84 Å². The second kappa shape index (κ2) is 11.9. The van der Waals surface area contributed by atoms with Crippen LogP contribution in [0.25, 0.3) is 21.5 Å². The summed E-state index contributed by atoms with van der Waals surface area (Å²) in [5.74, 6) is 1.14. The molecular formula is C28H26FN5O3S2. The van der Waals surface area contributed by atoms with Crippen LogP contribution in [0, 0.1) is 5.82 Å². The van der Waals surface area contributed by atoms with Gasteiger partial charge in [0.1, 0.15) is 45.2 Å². The molecule has 3 aromatic carbocycles. The van der Waals surface area contributed by atoms with Gasteiger partial charge < -0.3 is 15.4 Å². The predicted molar refractivity (Wildman–Crippen MR) is 153 cm³/mol. The molecule has 5 rings (SSSR count). The number of anilines is 2. The Morgan fingerprint density at radius 2 is 1.87 bits per heavy atom. The van der Waals surface area contributed by atoms with Gasteiger partial charge in [0.15, 0.2) is 0 Å². The van der Waals surface area contributed by atoms with E-state index in [1.54, 1.807) is 6.07 Å². The fraction of sp³-hybridized carbons (Fsp3) is 0.179. The highest BCUT2D eigenvalue weighted by Crippen LogP contribution is 2.30. The number of sulfone groups is 1. The second-order valence-electron chi connectivity index (χ2n) is 8.97. The fourth-order valence-corrected chi connectivity index (χ4v) is 5.18. The zero-order valence-corrected chi connectivity index (χ0v) is 22.7. The summed E-state index contributed by atoms with van der Waals surface area (Å²) in [5, 5.41) is 10.1. The van der Waals surface area contributed by atoms with Gasteiger partial charge in [-0.1, -0.05) is 12.1 Å². The third-order valence-electron chi connectivity index (χ3n) is 5.80. The van der Waals surface area contributed by atoms with Crippen LogP contribution >= 0.6 is 11.3 Å². The summed E-state index contributed by atoms with van der Waals surface area (Å²) < 4.78 is 41.8. The molecule has 0 saturated carbocycles. The smallest absolute Gasteiger partial charge is 0.148 e. The van der Waals surface area contributed by atoms with Gasteiger partial charge >= 0.3 is 0 Å². The van der Waals surface area contributed by atoms with Gasteiger partial charge in [0.25, 0.3) is 0 Å². The highest BCUT2D eigenvalue weighted by molar-refractivity contribution is 7.90. The number of thiazole rings is 1. The molecule has 0 aliphatic carbocycles. The molecule has 0 spiro atoms. The topological polar surface area (TPSA) is 106 Å². The molecule has 0 unspecified atom stereocenters. The molecule has 0 aliphatic heterocycles. The maximum absolute atomic E-state index is 13.4. The molecule has 2 N–H and O–H groups in total. The summed E-state index contributed by atoms with van der Waals surface area (Å²) in [5.41, 5.74) is 4.18. The van der Waals surface area contributed by atoms with Crippen molar-refractivity contribution in [1.82, 2.24) is 20.3 Å². The summed E-state index contributed by atoms with van der Waals surface area (Å²) >= 11 is 1.52. The molecule has 2 heterocycles. The lowest BCUT2D eigenvalue weighted by molar-refractivity contribution is 0.305. The van der Waals surface area contributed by atoms with Crippen molar-refractivity contribution in [2.24, 2.45) is 0 Å². The maximum atomic E-state index is 13.4.